The maximum atomic E-state index is 12.4. The van der Waals surface area contributed by atoms with Crippen LogP contribution in [0.5, 0.6) is 0 Å². The average Bonchev–Trinajstić information content (AvgIpc) is 2.85. The van der Waals surface area contributed by atoms with Gasteiger partial charge in [-0.15, -0.1) is 5.10 Å². The highest BCUT2D eigenvalue weighted by atomic mass is 16.5. The molecule has 0 unspecified atom stereocenters. The van der Waals surface area contributed by atoms with Crippen LogP contribution in [0.1, 0.15) is 11.4 Å². The highest BCUT2D eigenvalue weighted by molar-refractivity contribution is 5.77. The predicted molar refractivity (Wildman–Crippen MR) is 79.9 cm³/mol. The molecule has 1 aliphatic heterocycles. The number of ether oxygens (including phenoxy) is 1. The first-order valence-electron chi connectivity index (χ1n) is 7.12. The molecular weight excluding hydrogens is 284 g/mol. The van der Waals surface area contributed by atoms with Gasteiger partial charge < -0.3 is 9.64 Å². The van der Waals surface area contributed by atoms with Crippen LogP contribution in [0.3, 0.4) is 0 Å². The van der Waals surface area contributed by atoms with Crippen molar-refractivity contribution in [3.8, 4) is 5.69 Å². The summed E-state index contributed by atoms with van der Waals surface area (Å²) in [6.45, 7) is 3.31. The third-order valence-corrected chi connectivity index (χ3v) is 3.76. The van der Waals surface area contributed by atoms with E-state index in [4.69, 9.17) is 4.74 Å². The minimum absolute atomic E-state index is 0.0445. The average molecular weight is 302 g/mol. The number of fused-ring (bicyclic) bond motifs is 1. The van der Waals surface area contributed by atoms with Crippen molar-refractivity contribution < 1.29 is 9.53 Å². The lowest BCUT2D eigenvalue weighted by Gasteiger charge is -2.26. The summed E-state index contributed by atoms with van der Waals surface area (Å²) >= 11 is 0. The Morgan fingerprint density at radius 3 is 2.68 bits per heavy atom. The second-order valence-electron chi connectivity index (χ2n) is 5.35. The van der Waals surface area contributed by atoms with Crippen molar-refractivity contribution in [1.29, 1.82) is 0 Å². The summed E-state index contributed by atoms with van der Waals surface area (Å²) < 4.78 is 7.88. The molecule has 0 radical (unpaired) electrons. The molecule has 1 aromatic carbocycles. The van der Waals surface area contributed by atoms with Crippen LogP contribution >= 0.6 is 0 Å². The molecule has 7 heteroatoms. The molecule has 0 fully saturated rings. The Morgan fingerprint density at radius 2 is 2.00 bits per heavy atom. The first-order chi connectivity index (χ1) is 10.6. The zero-order chi connectivity index (χ0) is 15.7. The van der Waals surface area contributed by atoms with E-state index >= 15 is 0 Å². The van der Waals surface area contributed by atoms with E-state index in [1.165, 1.54) is 11.8 Å². The maximum Gasteiger partial charge on any atom is 0.350 e. The number of hydrogen-bond donors (Lipinski definition) is 0. The molecule has 1 aliphatic rings. The molecule has 22 heavy (non-hydrogen) atoms. The smallest absolute Gasteiger partial charge is 0.350 e. The monoisotopic (exact) mass is 302 g/mol. The van der Waals surface area contributed by atoms with Crippen molar-refractivity contribution >= 4 is 5.91 Å². The van der Waals surface area contributed by atoms with Gasteiger partial charge in [0.1, 0.15) is 6.61 Å². The van der Waals surface area contributed by atoms with Gasteiger partial charge in [-0.05, 0) is 19.1 Å². The van der Waals surface area contributed by atoms with Gasteiger partial charge in [-0.3, -0.25) is 9.36 Å². The lowest BCUT2D eigenvalue weighted by molar-refractivity contribution is -0.136. The molecule has 3 rings (SSSR count). The molecule has 0 aliphatic carbocycles. The third kappa shape index (κ3) is 2.55. The first-order valence-corrected chi connectivity index (χ1v) is 7.12. The van der Waals surface area contributed by atoms with Crippen LogP contribution in [0.2, 0.25) is 0 Å². The van der Waals surface area contributed by atoms with Crippen molar-refractivity contribution in [1.82, 2.24) is 19.2 Å². The number of amides is 1. The lowest BCUT2D eigenvalue weighted by Crippen LogP contribution is -2.42. The van der Waals surface area contributed by atoms with E-state index in [-0.39, 0.29) is 18.2 Å². The van der Waals surface area contributed by atoms with Crippen LogP contribution < -0.4 is 5.69 Å². The Bertz CT molecular complexity index is 745. The second-order valence-corrected chi connectivity index (χ2v) is 5.35. The molecule has 1 amide bonds. The van der Waals surface area contributed by atoms with Gasteiger partial charge in [0.15, 0.2) is 5.82 Å². The molecule has 0 spiro atoms. The minimum Gasteiger partial charge on any atom is -0.375 e. The quantitative estimate of drug-likeness (QED) is 0.819. The Kier molecular flexibility index (Phi) is 3.81. The number of aryl methyl sites for hydroxylation is 1. The molecule has 0 atom stereocenters. The summed E-state index contributed by atoms with van der Waals surface area (Å²) in [6, 6.07) is 7.61. The van der Waals surface area contributed by atoms with Crippen LogP contribution in [0, 0.1) is 6.92 Å². The highest BCUT2D eigenvalue weighted by Crippen LogP contribution is 2.11. The van der Waals surface area contributed by atoms with E-state index in [1.54, 1.807) is 9.47 Å². The summed E-state index contributed by atoms with van der Waals surface area (Å²) in [6.07, 6.45) is 0. The van der Waals surface area contributed by atoms with Crippen LogP contribution in [0.15, 0.2) is 29.1 Å². The predicted octanol–water partition coefficient (Wildman–Crippen LogP) is 0.331. The van der Waals surface area contributed by atoms with Crippen molar-refractivity contribution in [2.75, 3.05) is 20.3 Å². The Labute approximate surface area is 127 Å². The zero-order valence-corrected chi connectivity index (χ0v) is 12.7. The fourth-order valence-corrected chi connectivity index (χ4v) is 2.53. The molecule has 2 heterocycles. The number of nitrogens with zero attached hydrogens (tertiary/aromatic N) is 4. The van der Waals surface area contributed by atoms with Crippen molar-refractivity contribution in [3.05, 3.63) is 46.1 Å². The van der Waals surface area contributed by atoms with Gasteiger partial charge in [-0.2, -0.15) is 4.68 Å². The standard InChI is InChI=1S/C15H18N4O3/c1-11-3-5-12(6-4-11)19-15(21)18-8-7-17(9-13(18)16-19)14(20)10-22-2/h3-6H,7-10H2,1-2H3. The highest BCUT2D eigenvalue weighted by Gasteiger charge is 2.25. The zero-order valence-electron chi connectivity index (χ0n) is 12.7. The van der Waals surface area contributed by atoms with E-state index in [1.807, 2.05) is 31.2 Å². The molecule has 2 aromatic rings. The molecule has 0 saturated carbocycles. The molecular formula is C15H18N4O3. The van der Waals surface area contributed by atoms with Crippen LogP contribution in [0.4, 0.5) is 0 Å². The van der Waals surface area contributed by atoms with Crippen LogP contribution in [0.25, 0.3) is 5.69 Å². The summed E-state index contributed by atoms with van der Waals surface area (Å²) in [5, 5.41) is 4.38. The van der Waals surface area contributed by atoms with Gasteiger partial charge in [0.25, 0.3) is 0 Å². The normalized spacial score (nSPS) is 14.0. The molecule has 7 nitrogen and oxygen atoms in total. The lowest BCUT2D eigenvalue weighted by atomic mass is 10.2. The summed E-state index contributed by atoms with van der Waals surface area (Å²) in [5.41, 5.74) is 1.68. The van der Waals surface area contributed by atoms with Gasteiger partial charge >= 0.3 is 5.69 Å². The van der Waals surface area contributed by atoms with Crippen LogP contribution in [-0.4, -0.2) is 45.4 Å². The van der Waals surface area contributed by atoms with Gasteiger partial charge in [0, 0.05) is 20.2 Å². The van der Waals surface area contributed by atoms with E-state index in [2.05, 4.69) is 5.10 Å². The van der Waals surface area contributed by atoms with Crippen LogP contribution in [-0.2, 0) is 22.6 Å². The van der Waals surface area contributed by atoms with Gasteiger partial charge in [-0.25, -0.2) is 4.79 Å². The SMILES string of the molecule is COCC(=O)N1CCn2c(nn(-c3ccc(C)cc3)c2=O)C1. The summed E-state index contributed by atoms with van der Waals surface area (Å²) in [7, 11) is 1.49. The number of carbonyl (C=O) groups is 1. The van der Waals surface area contributed by atoms with Crippen molar-refractivity contribution in [2.24, 2.45) is 0 Å². The van der Waals surface area contributed by atoms with Gasteiger partial charge in [0.2, 0.25) is 5.91 Å². The molecule has 1 aromatic heterocycles. The minimum atomic E-state index is -0.169. The molecule has 0 bridgehead atoms. The fourth-order valence-electron chi connectivity index (χ4n) is 2.53. The number of carbonyl (C=O) groups excluding carboxylic acids is 1. The van der Waals surface area contributed by atoms with E-state index in [9.17, 15) is 9.59 Å². The number of aromatic nitrogens is 3. The maximum absolute atomic E-state index is 12.4. The van der Waals surface area contributed by atoms with E-state index in [0.29, 0.717) is 25.5 Å². The number of hydrogen-bond acceptors (Lipinski definition) is 4. The number of benzene rings is 1. The molecule has 116 valence electrons. The number of rotatable bonds is 3. The molecule has 0 N–H and O–H groups in total. The fraction of sp³-hybridized carbons (Fsp3) is 0.400. The Morgan fingerprint density at radius 1 is 1.27 bits per heavy atom. The van der Waals surface area contributed by atoms with E-state index < -0.39 is 0 Å². The first kappa shape index (κ1) is 14.5. The largest absolute Gasteiger partial charge is 0.375 e. The number of methoxy groups -OCH3 is 1. The van der Waals surface area contributed by atoms with Gasteiger partial charge in [-0.1, -0.05) is 17.7 Å². The topological polar surface area (TPSA) is 69.4 Å². The van der Waals surface area contributed by atoms with Gasteiger partial charge in [0.05, 0.1) is 12.2 Å². The Balaban J connectivity index is 1.91. The Hall–Kier alpha value is -2.41. The van der Waals surface area contributed by atoms with Crippen molar-refractivity contribution in [3.63, 3.8) is 0 Å². The van der Waals surface area contributed by atoms with E-state index in [0.717, 1.165) is 11.3 Å². The summed E-state index contributed by atoms with van der Waals surface area (Å²) in [4.78, 5) is 26.0. The summed E-state index contributed by atoms with van der Waals surface area (Å²) in [5.74, 6) is 0.507. The molecule has 0 saturated heterocycles. The third-order valence-electron chi connectivity index (χ3n) is 3.76. The van der Waals surface area contributed by atoms with Crippen molar-refractivity contribution in [2.45, 2.75) is 20.0 Å². The second kappa shape index (κ2) is 5.76.